The first kappa shape index (κ1) is 8.25. The molecule has 8 heavy (non-hydrogen) atoms. The second kappa shape index (κ2) is 3.31. The van der Waals surface area contributed by atoms with Gasteiger partial charge >= 0.3 is 0 Å². The van der Waals surface area contributed by atoms with Crippen molar-refractivity contribution in [3.05, 3.63) is 0 Å². The summed E-state index contributed by atoms with van der Waals surface area (Å²) in [6.07, 6.45) is 1.36. The lowest BCUT2D eigenvalue weighted by molar-refractivity contribution is 0.622. The van der Waals surface area contributed by atoms with E-state index in [4.69, 9.17) is 0 Å². The average Bonchev–Trinajstić information content (AvgIpc) is 1.87. The van der Waals surface area contributed by atoms with E-state index in [9.17, 15) is 0 Å². The van der Waals surface area contributed by atoms with Crippen molar-refractivity contribution in [1.82, 2.24) is 5.32 Å². The van der Waals surface area contributed by atoms with Gasteiger partial charge in [0, 0.05) is 6.04 Å². The van der Waals surface area contributed by atoms with Crippen molar-refractivity contribution < 1.29 is 0 Å². The van der Waals surface area contributed by atoms with Crippen LogP contribution in [0, 0.1) is 5.92 Å². The number of rotatable bonds is 0. The third-order valence-corrected chi connectivity index (χ3v) is 1.57. The number of hydrogen-bond donors (Lipinski definition) is 1. The zero-order chi connectivity index (χ0) is 5.28. The highest BCUT2D eigenvalue weighted by Gasteiger charge is 2.14. The topological polar surface area (TPSA) is 12.0 Å². The first-order chi connectivity index (χ1) is 3.29. The molecule has 0 spiro atoms. The van der Waals surface area contributed by atoms with Crippen LogP contribution >= 0.6 is 12.4 Å². The van der Waals surface area contributed by atoms with Gasteiger partial charge in [-0.2, -0.15) is 0 Å². The van der Waals surface area contributed by atoms with Gasteiger partial charge in [-0.1, -0.05) is 6.92 Å². The Morgan fingerprint density at radius 3 is 2.12 bits per heavy atom. The van der Waals surface area contributed by atoms with Crippen LogP contribution in [0.2, 0.25) is 0 Å². The summed E-state index contributed by atoms with van der Waals surface area (Å²) in [6.45, 7) is 5.75. The average molecular weight is 136 g/mol. The summed E-state index contributed by atoms with van der Waals surface area (Å²) >= 11 is 0. The highest BCUT2D eigenvalue weighted by molar-refractivity contribution is 5.85. The fourth-order valence-electron chi connectivity index (χ4n) is 1.17. The van der Waals surface area contributed by atoms with Crippen molar-refractivity contribution in [2.45, 2.75) is 26.3 Å². The monoisotopic (exact) mass is 135 g/mol. The predicted octanol–water partition coefficient (Wildman–Crippen LogP) is 1.43. The van der Waals surface area contributed by atoms with Crippen molar-refractivity contribution in [1.29, 1.82) is 0 Å². The summed E-state index contributed by atoms with van der Waals surface area (Å²) in [6, 6.07) is 0.773. The first-order valence-corrected chi connectivity index (χ1v) is 3.02. The minimum atomic E-state index is 0. The Labute approximate surface area is 57.3 Å². The summed E-state index contributed by atoms with van der Waals surface area (Å²) in [5, 5.41) is 3.37. The van der Waals surface area contributed by atoms with Crippen molar-refractivity contribution in [2.75, 3.05) is 6.54 Å². The Hall–Kier alpha value is 0.250. The molecule has 0 aliphatic carbocycles. The van der Waals surface area contributed by atoms with Crippen LogP contribution in [0.15, 0.2) is 0 Å². The molecule has 1 heterocycles. The van der Waals surface area contributed by atoms with Gasteiger partial charge < -0.3 is 5.32 Å². The number of hydrogen-bond acceptors (Lipinski definition) is 1. The molecule has 2 heteroatoms. The zero-order valence-electron chi connectivity index (χ0n) is 5.48. The van der Waals surface area contributed by atoms with E-state index >= 15 is 0 Å². The summed E-state index contributed by atoms with van der Waals surface area (Å²) < 4.78 is 0. The van der Waals surface area contributed by atoms with Gasteiger partial charge in [0.15, 0.2) is 0 Å². The molecule has 0 bridgehead atoms. The van der Waals surface area contributed by atoms with E-state index in [1.54, 1.807) is 0 Å². The van der Waals surface area contributed by atoms with Gasteiger partial charge in [-0.15, -0.1) is 12.4 Å². The summed E-state index contributed by atoms with van der Waals surface area (Å²) in [5.74, 6) is 0.912. The molecule has 1 aliphatic heterocycles. The molecular formula is C6H14ClN. The Morgan fingerprint density at radius 2 is 2.00 bits per heavy atom. The quantitative estimate of drug-likeness (QED) is 0.530. The van der Waals surface area contributed by atoms with Crippen LogP contribution in [0.3, 0.4) is 0 Å². The maximum Gasteiger partial charge on any atom is 0.00418 e. The third kappa shape index (κ3) is 2.01. The molecule has 50 valence electrons. The number of halogens is 1. The van der Waals surface area contributed by atoms with Gasteiger partial charge in [0.2, 0.25) is 0 Å². The van der Waals surface area contributed by atoms with Gasteiger partial charge in [-0.25, -0.2) is 0 Å². The molecule has 1 fully saturated rings. The van der Waals surface area contributed by atoms with E-state index in [-0.39, 0.29) is 12.4 Å². The Bertz CT molecular complexity index is 57.5. The van der Waals surface area contributed by atoms with Crippen LogP contribution in [0.25, 0.3) is 0 Å². The van der Waals surface area contributed by atoms with Crippen LogP contribution in [-0.2, 0) is 0 Å². The molecule has 1 saturated heterocycles. The molecule has 1 rings (SSSR count). The van der Waals surface area contributed by atoms with Crippen molar-refractivity contribution >= 4 is 12.4 Å². The standard InChI is InChI=1S/C6H13N.ClH/c1-5-3-6(2)7-4-5;/h5-7H,3-4H2,1-2H3;1H/t5-,6+;/m0./s1. The minimum absolute atomic E-state index is 0. The van der Waals surface area contributed by atoms with E-state index < -0.39 is 0 Å². The second-order valence-electron chi connectivity index (χ2n) is 2.65. The molecule has 0 amide bonds. The van der Waals surface area contributed by atoms with Gasteiger partial charge in [-0.3, -0.25) is 0 Å². The molecule has 0 unspecified atom stereocenters. The molecule has 0 aromatic rings. The van der Waals surface area contributed by atoms with E-state index in [1.165, 1.54) is 13.0 Å². The molecule has 0 aromatic heterocycles. The van der Waals surface area contributed by atoms with Crippen molar-refractivity contribution in [3.8, 4) is 0 Å². The summed E-state index contributed by atoms with van der Waals surface area (Å²) in [4.78, 5) is 0. The molecule has 1 N–H and O–H groups in total. The first-order valence-electron chi connectivity index (χ1n) is 3.02. The summed E-state index contributed by atoms with van der Waals surface area (Å²) in [5.41, 5.74) is 0. The normalized spacial score (nSPS) is 36.8. The zero-order valence-corrected chi connectivity index (χ0v) is 6.29. The molecule has 0 radical (unpaired) electrons. The fourth-order valence-corrected chi connectivity index (χ4v) is 1.17. The lowest BCUT2D eigenvalue weighted by Crippen LogP contribution is -2.16. The van der Waals surface area contributed by atoms with Gasteiger partial charge in [0.1, 0.15) is 0 Å². The smallest absolute Gasteiger partial charge is 0.00418 e. The molecule has 2 atom stereocenters. The van der Waals surface area contributed by atoms with Crippen molar-refractivity contribution in [2.24, 2.45) is 5.92 Å². The lowest BCUT2D eigenvalue weighted by Gasteiger charge is -1.96. The molecule has 0 saturated carbocycles. The van der Waals surface area contributed by atoms with Crippen LogP contribution < -0.4 is 5.32 Å². The van der Waals surface area contributed by atoms with Crippen LogP contribution in [-0.4, -0.2) is 12.6 Å². The van der Waals surface area contributed by atoms with E-state index in [2.05, 4.69) is 19.2 Å². The lowest BCUT2D eigenvalue weighted by atomic mass is 10.1. The van der Waals surface area contributed by atoms with Gasteiger partial charge in [0.05, 0.1) is 0 Å². The molecule has 1 aliphatic rings. The highest BCUT2D eigenvalue weighted by atomic mass is 35.5. The van der Waals surface area contributed by atoms with Crippen LogP contribution in [0.4, 0.5) is 0 Å². The largest absolute Gasteiger partial charge is 0.314 e. The molecule has 1 nitrogen and oxygen atoms in total. The van der Waals surface area contributed by atoms with Crippen LogP contribution in [0.5, 0.6) is 0 Å². The van der Waals surface area contributed by atoms with E-state index in [1.807, 2.05) is 0 Å². The highest BCUT2D eigenvalue weighted by Crippen LogP contribution is 2.10. The van der Waals surface area contributed by atoms with E-state index in [0.29, 0.717) is 0 Å². The van der Waals surface area contributed by atoms with Gasteiger partial charge in [0.25, 0.3) is 0 Å². The Morgan fingerprint density at radius 1 is 1.38 bits per heavy atom. The number of nitrogens with one attached hydrogen (secondary N) is 1. The summed E-state index contributed by atoms with van der Waals surface area (Å²) in [7, 11) is 0. The van der Waals surface area contributed by atoms with Crippen LogP contribution in [0.1, 0.15) is 20.3 Å². The fraction of sp³-hybridized carbons (Fsp3) is 1.00. The molecule has 0 aromatic carbocycles. The Kier molecular flexibility index (Phi) is 3.41. The third-order valence-electron chi connectivity index (χ3n) is 1.57. The molecular weight excluding hydrogens is 122 g/mol. The Balaban J connectivity index is 0.000000490. The SMILES string of the molecule is C[C@@H]1CN[C@H](C)C1.Cl. The van der Waals surface area contributed by atoms with Gasteiger partial charge in [-0.05, 0) is 25.8 Å². The maximum atomic E-state index is 3.37. The maximum absolute atomic E-state index is 3.37. The van der Waals surface area contributed by atoms with E-state index in [0.717, 1.165) is 12.0 Å². The minimum Gasteiger partial charge on any atom is -0.314 e. The second-order valence-corrected chi connectivity index (χ2v) is 2.65. The van der Waals surface area contributed by atoms with Crippen molar-refractivity contribution in [3.63, 3.8) is 0 Å². The predicted molar refractivity (Wildman–Crippen MR) is 38.5 cm³/mol.